The van der Waals surface area contributed by atoms with E-state index in [2.05, 4.69) is 53.9 Å². The Morgan fingerprint density at radius 2 is 1.82 bits per heavy atom. The van der Waals surface area contributed by atoms with Gasteiger partial charge in [0.05, 0.1) is 6.04 Å². The molecule has 1 saturated heterocycles. The summed E-state index contributed by atoms with van der Waals surface area (Å²) in [5, 5.41) is 3.13. The average molecular weight is 223 g/mol. The smallest absolute Gasteiger partial charge is 0.221 e. The van der Waals surface area contributed by atoms with E-state index in [1.807, 2.05) is 0 Å². The monoisotopic (exact) mass is 223 g/mol. The number of carbonyl (C=O) groups excluding carboxylic acids is 1. The van der Waals surface area contributed by atoms with Crippen molar-refractivity contribution in [1.82, 2.24) is 5.32 Å². The zero-order valence-electron chi connectivity index (χ0n) is 9.39. The Labute approximate surface area is 100 Å². The second-order valence-corrected chi connectivity index (χ2v) is 5.16. The molecular weight excluding hydrogens is 210 g/mol. The second kappa shape index (κ2) is 2.89. The Bertz CT molecular complexity index is 556. The van der Waals surface area contributed by atoms with Crippen molar-refractivity contribution < 1.29 is 4.79 Å². The van der Waals surface area contributed by atoms with Crippen LogP contribution in [0.1, 0.15) is 29.5 Å². The van der Waals surface area contributed by atoms with Gasteiger partial charge in [-0.15, -0.1) is 0 Å². The number of rotatable bonds is 0. The van der Waals surface area contributed by atoms with Crippen LogP contribution in [0.25, 0.3) is 0 Å². The van der Waals surface area contributed by atoms with E-state index in [0.717, 1.165) is 0 Å². The Morgan fingerprint density at radius 1 is 1.12 bits per heavy atom. The van der Waals surface area contributed by atoms with Crippen LogP contribution in [0.3, 0.4) is 0 Å². The molecule has 0 saturated carbocycles. The lowest BCUT2D eigenvalue weighted by Crippen LogP contribution is -2.25. The summed E-state index contributed by atoms with van der Waals surface area (Å²) in [5.41, 5.74) is 2.48. The van der Waals surface area contributed by atoms with Gasteiger partial charge in [-0.05, 0) is 11.1 Å². The van der Waals surface area contributed by atoms with Gasteiger partial charge >= 0.3 is 0 Å². The summed E-state index contributed by atoms with van der Waals surface area (Å²) < 4.78 is 0. The van der Waals surface area contributed by atoms with Crippen molar-refractivity contribution in [3.05, 3.63) is 59.7 Å². The van der Waals surface area contributed by atoms with Crippen LogP contribution in [0.5, 0.6) is 0 Å². The predicted molar refractivity (Wildman–Crippen MR) is 65.4 cm³/mol. The molecule has 1 atom stereocenters. The first kappa shape index (κ1) is 9.23. The number of hydrogen-bond donors (Lipinski definition) is 1. The summed E-state index contributed by atoms with van der Waals surface area (Å²) >= 11 is 0. The van der Waals surface area contributed by atoms with Crippen molar-refractivity contribution in [2.45, 2.75) is 18.4 Å². The lowest BCUT2D eigenvalue weighted by Gasteiger charge is -2.27. The second-order valence-electron chi connectivity index (χ2n) is 5.16. The van der Waals surface area contributed by atoms with Gasteiger partial charge in [0, 0.05) is 17.8 Å². The summed E-state index contributed by atoms with van der Waals surface area (Å²) in [4.78, 5) is 11.7. The molecule has 84 valence electrons. The molecular formula is C15H13NO. The molecule has 0 radical (unpaired) electrons. The maximum Gasteiger partial charge on any atom is 0.221 e. The molecule has 1 aromatic rings. The molecule has 2 nitrogen and oxygen atoms in total. The van der Waals surface area contributed by atoms with Crippen LogP contribution in [-0.4, -0.2) is 5.91 Å². The summed E-state index contributed by atoms with van der Waals surface area (Å²) in [5.74, 6) is 0.527. The first-order chi connectivity index (χ1) is 8.28. The van der Waals surface area contributed by atoms with Crippen molar-refractivity contribution in [2.24, 2.45) is 5.41 Å². The first-order valence-electron chi connectivity index (χ1n) is 6.05. The topological polar surface area (TPSA) is 29.1 Å². The number of allylic oxidation sites excluding steroid dienone is 2. The third-order valence-corrected chi connectivity index (χ3v) is 4.20. The van der Waals surface area contributed by atoms with Crippen molar-refractivity contribution in [1.29, 1.82) is 0 Å². The lowest BCUT2D eigenvalue weighted by molar-refractivity contribution is -0.119. The third-order valence-electron chi connectivity index (χ3n) is 4.20. The molecule has 1 aliphatic heterocycles. The summed E-state index contributed by atoms with van der Waals surface area (Å²) in [6.07, 6.45) is 9.49. The molecule has 1 spiro atoms. The number of hydrogen-bond acceptors (Lipinski definition) is 1. The minimum absolute atomic E-state index is 0.117. The van der Waals surface area contributed by atoms with E-state index >= 15 is 0 Å². The van der Waals surface area contributed by atoms with Crippen LogP contribution in [0.4, 0.5) is 0 Å². The molecule has 2 heteroatoms. The van der Waals surface area contributed by atoms with E-state index < -0.39 is 0 Å². The SMILES string of the molecule is O=C1CC23C=CC(C=C2)c2ccccc2[C@H]3N1. The minimum atomic E-state index is -0.125. The number of benzene rings is 1. The largest absolute Gasteiger partial charge is 0.348 e. The van der Waals surface area contributed by atoms with Crippen LogP contribution >= 0.6 is 0 Å². The Hall–Kier alpha value is -1.83. The number of carbonyl (C=O) groups is 1. The van der Waals surface area contributed by atoms with Gasteiger partial charge in [0.15, 0.2) is 0 Å². The maximum absolute atomic E-state index is 11.7. The fourth-order valence-corrected chi connectivity index (χ4v) is 3.37. The predicted octanol–water partition coefficient (Wildman–Crippen LogP) is 2.46. The highest BCUT2D eigenvalue weighted by Gasteiger charge is 2.47. The quantitative estimate of drug-likeness (QED) is 0.672. The molecule has 3 aliphatic carbocycles. The van der Waals surface area contributed by atoms with Gasteiger partial charge in [0.2, 0.25) is 5.91 Å². The highest BCUT2D eigenvalue weighted by molar-refractivity contribution is 5.82. The Morgan fingerprint density at radius 3 is 2.59 bits per heavy atom. The fourth-order valence-electron chi connectivity index (χ4n) is 3.37. The molecule has 1 N–H and O–H groups in total. The van der Waals surface area contributed by atoms with E-state index in [1.165, 1.54) is 11.1 Å². The third kappa shape index (κ3) is 1.08. The summed E-state index contributed by atoms with van der Waals surface area (Å²) in [7, 11) is 0. The Balaban J connectivity index is 2.01. The van der Waals surface area contributed by atoms with Gasteiger partial charge in [-0.3, -0.25) is 4.79 Å². The van der Waals surface area contributed by atoms with Crippen molar-refractivity contribution in [2.75, 3.05) is 0 Å². The van der Waals surface area contributed by atoms with Gasteiger partial charge < -0.3 is 5.32 Å². The van der Waals surface area contributed by atoms with Gasteiger partial charge in [0.1, 0.15) is 0 Å². The molecule has 1 amide bonds. The molecule has 5 rings (SSSR count). The molecule has 1 heterocycles. The van der Waals surface area contributed by atoms with Crippen LogP contribution in [-0.2, 0) is 4.79 Å². The minimum Gasteiger partial charge on any atom is -0.348 e. The first-order valence-corrected chi connectivity index (χ1v) is 6.05. The van der Waals surface area contributed by atoms with E-state index in [4.69, 9.17) is 0 Å². The van der Waals surface area contributed by atoms with E-state index in [-0.39, 0.29) is 17.4 Å². The highest BCUT2D eigenvalue weighted by atomic mass is 16.2. The van der Waals surface area contributed by atoms with Crippen LogP contribution in [0.2, 0.25) is 0 Å². The van der Waals surface area contributed by atoms with E-state index in [1.54, 1.807) is 0 Å². The Kier molecular flexibility index (Phi) is 1.57. The zero-order valence-corrected chi connectivity index (χ0v) is 9.39. The van der Waals surface area contributed by atoms with Gasteiger partial charge in [-0.1, -0.05) is 48.6 Å². The van der Waals surface area contributed by atoms with Crippen LogP contribution in [0, 0.1) is 5.41 Å². The van der Waals surface area contributed by atoms with Crippen molar-refractivity contribution >= 4 is 5.91 Å². The van der Waals surface area contributed by atoms with Crippen LogP contribution in [0.15, 0.2) is 48.6 Å². The van der Waals surface area contributed by atoms with Crippen molar-refractivity contribution in [3.63, 3.8) is 0 Å². The average Bonchev–Trinajstić information content (AvgIpc) is 2.55. The highest BCUT2D eigenvalue weighted by Crippen LogP contribution is 2.52. The number of amides is 1. The standard InChI is InChI=1S/C15H13NO/c17-13-9-15-7-5-10(6-8-15)11-3-1-2-4-12(11)14(15)16-13/h1-8,10,14H,9H2,(H,16,17)/t10?,14-,15?/m1/s1. The van der Waals surface area contributed by atoms with Crippen molar-refractivity contribution in [3.8, 4) is 0 Å². The number of nitrogens with one attached hydrogen (secondary N) is 1. The molecule has 0 aromatic heterocycles. The molecule has 17 heavy (non-hydrogen) atoms. The van der Waals surface area contributed by atoms with E-state index in [0.29, 0.717) is 12.3 Å². The summed E-state index contributed by atoms with van der Waals surface area (Å²) in [6.45, 7) is 0. The molecule has 1 aromatic carbocycles. The van der Waals surface area contributed by atoms with E-state index in [9.17, 15) is 4.79 Å². The molecule has 2 bridgehead atoms. The molecule has 1 fully saturated rings. The molecule has 0 unspecified atom stereocenters. The van der Waals surface area contributed by atoms with Gasteiger partial charge in [-0.25, -0.2) is 0 Å². The normalized spacial score (nSPS) is 36.4. The molecule has 4 aliphatic rings. The summed E-state index contributed by atoms with van der Waals surface area (Å²) in [6, 6.07) is 8.56. The lowest BCUT2D eigenvalue weighted by atomic mass is 9.77. The fraction of sp³-hybridized carbons (Fsp3) is 0.267. The van der Waals surface area contributed by atoms with Gasteiger partial charge in [-0.2, -0.15) is 0 Å². The maximum atomic E-state index is 11.7. The van der Waals surface area contributed by atoms with Crippen LogP contribution < -0.4 is 5.32 Å². The van der Waals surface area contributed by atoms with Gasteiger partial charge in [0.25, 0.3) is 0 Å². The zero-order chi connectivity index (χ0) is 11.5.